The van der Waals surface area contributed by atoms with Gasteiger partial charge in [-0.25, -0.2) is 0 Å². The lowest BCUT2D eigenvalue weighted by Gasteiger charge is -2.19. The fourth-order valence-electron chi connectivity index (χ4n) is 2.88. The molecule has 2 heterocycles. The van der Waals surface area contributed by atoms with Crippen LogP contribution in [-0.4, -0.2) is 19.9 Å². The highest BCUT2D eigenvalue weighted by Crippen LogP contribution is 2.46. The fourth-order valence-corrected chi connectivity index (χ4v) is 3.06. The van der Waals surface area contributed by atoms with Gasteiger partial charge >= 0.3 is 0 Å². The Hall–Kier alpha value is -1.82. The number of nitrogens with one attached hydrogen (secondary N) is 2. The third-order valence-corrected chi connectivity index (χ3v) is 4.50. The van der Waals surface area contributed by atoms with Crippen LogP contribution < -0.4 is 5.32 Å². The zero-order valence-corrected chi connectivity index (χ0v) is 12.9. The molecule has 0 bridgehead atoms. The number of aromatic amines is 1. The summed E-state index contributed by atoms with van der Waals surface area (Å²) in [5, 5.41) is 20.0. The van der Waals surface area contributed by atoms with Crippen molar-refractivity contribution < 1.29 is 5.11 Å². The molecule has 3 aromatic rings. The predicted octanol–water partition coefficient (Wildman–Crippen LogP) is 2.82. The average molecular weight is 317 g/mol. The number of aliphatic hydroxyl groups is 1. The number of benzene rings is 1. The maximum Gasteiger partial charge on any atom is 0.146 e. The van der Waals surface area contributed by atoms with Crippen LogP contribution in [0.4, 0.5) is 0 Å². The van der Waals surface area contributed by atoms with E-state index in [0.29, 0.717) is 5.02 Å². The van der Waals surface area contributed by atoms with Gasteiger partial charge in [0.15, 0.2) is 0 Å². The summed E-state index contributed by atoms with van der Waals surface area (Å²) >= 11 is 6.00. The molecule has 6 heteroatoms. The summed E-state index contributed by atoms with van der Waals surface area (Å²) in [4.78, 5) is 3.23. The van der Waals surface area contributed by atoms with Gasteiger partial charge in [0.05, 0.1) is 16.9 Å². The second kappa shape index (κ2) is 4.84. The molecule has 22 heavy (non-hydrogen) atoms. The van der Waals surface area contributed by atoms with Crippen LogP contribution in [0.2, 0.25) is 5.02 Å². The quantitative estimate of drug-likeness (QED) is 0.648. The van der Waals surface area contributed by atoms with Crippen molar-refractivity contribution in [3.63, 3.8) is 0 Å². The number of aromatic nitrogens is 3. The number of hydrogen-bond acceptors (Lipinski definition) is 3. The van der Waals surface area contributed by atoms with E-state index >= 15 is 0 Å². The Morgan fingerprint density at radius 1 is 1.36 bits per heavy atom. The largest absolute Gasteiger partial charge is 0.373 e. The van der Waals surface area contributed by atoms with Crippen molar-refractivity contribution in [1.82, 2.24) is 20.1 Å². The van der Waals surface area contributed by atoms with Crippen molar-refractivity contribution in [2.75, 3.05) is 0 Å². The van der Waals surface area contributed by atoms with E-state index in [1.165, 1.54) is 0 Å². The minimum atomic E-state index is -0.768. The zero-order valence-electron chi connectivity index (χ0n) is 12.2. The molecule has 1 saturated carbocycles. The lowest BCUT2D eigenvalue weighted by Crippen LogP contribution is -2.33. The van der Waals surface area contributed by atoms with Crippen molar-refractivity contribution in [3.05, 3.63) is 52.9 Å². The lowest BCUT2D eigenvalue weighted by molar-refractivity contribution is 0.113. The average Bonchev–Trinajstić information content (AvgIpc) is 2.94. The van der Waals surface area contributed by atoms with Crippen molar-refractivity contribution in [1.29, 1.82) is 0 Å². The van der Waals surface area contributed by atoms with Crippen molar-refractivity contribution >= 4 is 22.5 Å². The maximum absolute atomic E-state index is 10.5. The Balaban J connectivity index is 1.59. The number of halogens is 1. The Labute approximate surface area is 132 Å². The normalized spacial score (nSPS) is 17.8. The van der Waals surface area contributed by atoms with E-state index in [-0.39, 0.29) is 5.54 Å². The molecule has 114 valence electrons. The van der Waals surface area contributed by atoms with E-state index in [1.54, 1.807) is 4.68 Å². The number of rotatable bonds is 4. The molecule has 0 saturated heterocycles. The standard InChI is InChI=1S/C16H17ClN4O/c1-21-7-4-14(20-21)16(5-6-16)19-15(22)13-9-10-8-11(17)2-3-12(10)18-13/h2-4,7-9,15,18-19,22H,5-6H2,1H3. The van der Waals surface area contributed by atoms with Crippen LogP contribution in [-0.2, 0) is 12.6 Å². The highest BCUT2D eigenvalue weighted by Gasteiger charge is 2.47. The van der Waals surface area contributed by atoms with Gasteiger partial charge in [0.1, 0.15) is 6.23 Å². The van der Waals surface area contributed by atoms with Gasteiger partial charge in [-0.2, -0.15) is 5.10 Å². The Bertz CT molecular complexity index is 834. The molecular formula is C16H17ClN4O. The van der Waals surface area contributed by atoms with Crippen LogP contribution in [0.3, 0.4) is 0 Å². The number of aryl methyl sites for hydroxylation is 1. The molecule has 1 aromatic carbocycles. The lowest BCUT2D eigenvalue weighted by atomic mass is 10.1. The maximum atomic E-state index is 10.5. The van der Waals surface area contributed by atoms with Crippen LogP contribution in [0.1, 0.15) is 30.5 Å². The van der Waals surface area contributed by atoms with Gasteiger partial charge in [-0.15, -0.1) is 0 Å². The molecule has 1 aliphatic rings. The highest BCUT2D eigenvalue weighted by molar-refractivity contribution is 6.31. The van der Waals surface area contributed by atoms with Crippen LogP contribution in [0.5, 0.6) is 0 Å². The monoisotopic (exact) mass is 316 g/mol. The van der Waals surface area contributed by atoms with Gasteiger partial charge in [-0.1, -0.05) is 11.6 Å². The summed E-state index contributed by atoms with van der Waals surface area (Å²) in [5.74, 6) is 0. The number of aliphatic hydroxyl groups excluding tert-OH is 1. The molecule has 1 unspecified atom stereocenters. The fraction of sp³-hybridized carbons (Fsp3) is 0.312. The summed E-state index contributed by atoms with van der Waals surface area (Å²) in [6.45, 7) is 0. The second-order valence-electron chi connectivity index (χ2n) is 5.96. The molecule has 0 aliphatic heterocycles. The van der Waals surface area contributed by atoms with Crippen molar-refractivity contribution in [2.45, 2.75) is 24.6 Å². The van der Waals surface area contributed by atoms with E-state index in [0.717, 1.165) is 35.1 Å². The minimum Gasteiger partial charge on any atom is -0.373 e. The number of nitrogens with zero attached hydrogens (tertiary/aromatic N) is 2. The zero-order chi connectivity index (χ0) is 15.3. The predicted molar refractivity (Wildman–Crippen MR) is 85.5 cm³/mol. The van der Waals surface area contributed by atoms with Crippen molar-refractivity contribution in [2.24, 2.45) is 7.05 Å². The van der Waals surface area contributed by atoms with E-state index in [1.807, 2.05) is 43.6 Å². The van der Waals surface area contributed by atoms with E-state index in [2.05, 4.69) is 15.4 Å². The Morgan fingerprint density at radius 3 is 2.86 bits per heavy atom. The number of hydrogen-bond donors (Lipinski definition) is 3. The molecule has 3 N–H and O–H groups in total. The summed E-state index contributed by atoms with van der Waals surface area (Å²) in [6.07, 6.45) is 3.12. The Morgan fingerprint density at radius 2 is 2.18 bits per heavy atom. The molecule has 4 rings (SSSR count). The smallest absolute Gasteiger partial charge is 0.146 e. The SMILES string of the molecule is Cn1ccc(C2(NC(O)c3cc4cc(Cl)ccc4[nH]3)CC2)n1. The summed E-state index contributed by atoms with van der Waals surface area (Å²) in [7, 11) is 1.90. The van der Waals surface area contributed by atoms with Crippen LogP contribution >= 0.6 is 11.6 Å². The first-order valence-electron chi connectivity index (χ1n) is 7.30. The van der Waals surface area contributed by atoms with Crippen LogP contribution in [0, 0.1) is 0 Å². The molecule has 1 atom stereocenters. The third-order valence-electron chi connectivity index (χ3n) is 4.27. The van der Waals surface area contributed by atoms with Gasteiger partial charge in [-0.05, 0) is 43.2 Å². The second-order valence-corrected chi connectivity index (χ2v) is 6.40. The molecule has 0 spiro atoms. The van der Waals surface area contributed by atoms with Crippen LogP contribution in [0.15, 0.2) is 36.5 Å². The molecule has 2 aromatic heterocycles. The van der Waals surface area contributed by atoms with Crippen LogP contribution in [0.25, 0.3) is 10.9 Å². The minimum absolute atomic E-state index is 0.213. The summed E-state index contributed by atoms with van der Waals surface area (Å²) < 4.78 is 1.79. The molecule has 1 aliphatic carbocycles. The number of fused-ring (bicyclic) bond motifs is 1. The van der Waals surface area contributed by atoms with Gasteiger partial charge in [0.25, 0.3) is 0 Å². The molecule has 0 radical (unpaired) electrons. The summed E-state index contributed by atoms with van der Waals surface area (Å²) in [6, 6.07) is 9.56. The third kappa shape index (κ3) is 2.31. The molecular weight excluding hydrogens is 300 g/mol. The van der Waals surface area contributed by atoms with E-state index in [9.17, 15) is 5.11 Å². The number of H-pyrrole nitrogens is 1. The first-order valence-corrected chi connectivity index (χ1v) is 7.68. The molecule has 1 fully saturated rings. The van der Waals surface area contributed by atoms with Gasteiger partial charge in [-0.3, -0.25) is 10.00 Å². The first kappa shape index (κ1) is 13.8. The van der Waals surface area contributed by atoms with Crippen molar-refractivity contribution in [3.8, 4) is 0 Å². The van der Waals surface area contributed by atoms with Gasteiger partial charge in [0, 0.05) is 29.2 Å². The van der Waals surface area contributed by atoms with Gasteiger partial charge in [0.2, 0.25) is 0 Å². The Kier molecular flexibility index (Phi) is 3.04. The topological polar surface area (TPSA) is 65.9 Å². The van der Waals surface area contributed by atoms with E-state index < -0.39 is 6.23 Å². The summed E-state index contributed by atoms with van der Waals surface area (Å²) in [5.41, 5.74) is 2.46. The first-order chi connectivity index (χ1) is 10.6. The molecule has 0 amide bonds. The molecule has 5 nitrogen and oxygen atoms in total. The van der Waals surface area contributed by atoms with E-state index in [4.69, 9.17) is 11.6 Å². The van der Waals surface area contributed by atoms with Gasteiger partial charge < -0.3 is 10.1 Å². The highest BCUT2D eigenvalue weighted by atomic mass is 35.5.